The van der Waals surface area contributed by atoms with Gasteiger partial charge in [0.1, 0.15) is 78.8 Å². The zero-order valence-electron chi connectivity index (χ0n) is 60.2. The third-order valence-electron chi connectivity index (χ3n) is 16.7. The van der Waals surface area contributed by atoms with Crippen LogP contribution in [-0.2, 0) is 94.6 Å². The van der Waals surface area contributed by atoms with Crippen LogP contribution in [0.1, 0.15) is 122 Å². The number of carbonyl (C=O) groups excluding carboxylic acids is 8. The number of rotatable bonds is 59. The number of nitrogens with one attached hydrogen (secondary N) is 8. The van der Waals surface area contributed by atoms with E-state index in [1.807, 2.05) is 0 Å². The number of hydrogen-bond acceptors (Lipinski definition) is 32. The van der Waals surface area contributed by atoms with Crippen molar-refractivity contribution in [3.63, 3.8) is 0 Å². The highest BCUT2D eigenvalue weighted by Gasteiger charge is 2.46. The molecule has 0 saturated carbocycles. The minimum Gasteiger partial charge on any atom is -0.394 e. The Bertz CT molecular complexity index is 2350. The molecule has 0 bridgehead atoms. The zero-order chi connectivity index (χ0) is 78.3. The van der Waals surface area contributed by atoms with Gasteiger partial charge in [-0.3, -0.25) is 47.4 Å². The summed E-state index contributed by atoms with van der Waals surface area (Å²) in [7, 11) is -3.02. The molecule has 106 heavy (non-hydrogen) atoms. The van der Waals surface area contributed by atoms with Gasteiger partial charge in [0.05, 0.1) is 85.9 Å². The highest BCUT2D eigenvalue weighted by molar-refractivity contribution is 7.47. The van der Waals surface area contributed by atoms with Gasteiger partial charge < -0.3 is 151 Å². The first kappa shape index (κ1) is 95.2. The lowest BCUT2D eigenvalue weighted by atomic mass is 9.99. The summed E-state index contributed by atoms with van der Waals surface area (Å²) in [6.45, 7) is -2.25. The van der Waals surface area contributed by atoms with Crippen molar-refractivity contribution < 1.29 is 161 Å². The van der Waals surface area contributed by atoms with E-state index in [0.29, 0.717) is 51.5 Å². The lowest BCUT2D eigenvalue weighted by Crippen LogP contribution is -2.59. The van der Waals surface area contributed by atoms with Gasteiger partial charge >= 0.3 is 7.82 Å². The summed E-state index contributed by atoms with van der Waals surface area (Å²) in [5.41, 5.74) is -1.54. The highest BCUT2D eigenvalue weighted by atomic mass is 31.2. The molecule has 3 saturated heterocycles. The van der Waals surface area contributed by atoms with Crippen molar-refractivity contribution >= 4 is 55.1 Å². The second-order valence-electron chi connectivity index (χ2n) is 25.5. The molecule has 8 amide bonds. The Kier molecular flexibility index (Phi) is 49.1. The minimum absolute atomic E-state index is 0.0141. The number of unbranched alkanes of at least 4 members (excludes halogenated alkanes) is 3. The van der Waals surface area contributed by atoms with E-state index in [1.165, 1.54) is 0 Å². The van der Waals surface area contributed by atoms with Crippen LogP contribution in [0.5, 0.6) is 0 Å². The summed E-state index contributed by atoms with van der Waals surface area (Å²) >= 11 is 0. The molecule has 0 radical (unpaired) electrons. The van der Waals surface area contributed by atoms with Crippen molar-refractivity contribution in [3.8, 4) is 0 Å². The van der Waals surface area contributed by atoms with Crippen molar-refractivity contribution in [2.24, 2.45) is 0 Å². The molecule has 3 rings (SSSR count). The SMILES string of the molecule is COP(=O)(O)OCCCCCCNC(=O)CCCC(=O)NC(COCCC(=O)NCCCNC(=O)CCCO[C@@H]1OC(CO)[C@@H](O)C(O)C1O)(COCCC(=O)NCCCNC(=O)CCCO[C@@H]1OC(CO)[C@@H](O)C(O)C1O)COCCC(=O)NCCCNC(=O)CCCO[C@@H]1OC(CO)[C@@H](O)C(O)C1O. The van der Waals surface area contributed by atoms with Crippen molar-refractivity contribution in [2.45, 2.75) is 220 Å². The Morgan fingerprint density at radius 1 is 0.340 bits per heavy atom. The van der Waals surface area contributed by atoms with Crippen LogP contribution in [0.4, 0.5) is 0 Å². The smallest absolute Gasteiger partial charge is 0.394 e. The van der Waals surface area contributed by atoms with Gasteiger partial charge in [-0.15, -0.1) is 0 Å². The molecule has 0 aromatic rings. The normalized spacial score (nSPS) is 25.6. The molecule has 616 valence electrons. The third-order valence-corrected chi connectivity index (χ3v) is 17.6. The molecular weight excluding hydrogens is 1440 g/mol. The van der Waals surface area contributed by atoms with E-state index in [2.05, 4.69) is 47.1 Å². The van der Waals surface area contributed by atoms with Crippen LogP contribution < -0.4 is 42.5 Å². The van der Waals surface area contributed by atoms with Crippen LogP contribution in [0.15, 0.2) is 0 Å². The maximum Gasteiger partial charge on any atom is 0.471 e. The molecule has 0 aliphatic carbocycles. The van der Waals surface area contributed by atoms with Gasteiger partial charge in [-0.05, 0) is 57.8 Å². The van der Waals surface area contributed by atoms with Gasteiger partial charge in [-0.2, -0.15) is 0 Å². The van der Waals surface area contributed by atoms with Crippen molar-refractivity contribution in [1.29, 1.82) is 0 Å². The maximum atomic E-state index is 13.8. The number of phosphoric acid groups is 1. The number of aliphatic hydroxyl groups excluding tert-OH is 12. The van der Waals surface area contributed by atoms with Crippen LogP contribution >= 0.6 is 7.82 Å². The fourth-order valence-corrected chi connectivity index (χ4v) is 11.0. The largest absolute Gasteiger partial charge is 0.471 e. The Balaban J connectivity index is 1.57. The molecule has 21 N–H and O–H groups in total. The molecule has 0 aromatic carbocycles. The first-order chi connectivity index (χ1) is 50.7. The number of hydrogen-bond donors (Lipinski definition) is 21. The van der Waals surface area contributed by atoms with Crippen LogP contribution in [0.2, 0.25) is 0 Å². The molecule has 16 atom stereocenters. The molecular formula is C64H117N8O33P. The Morgan fingerprint density at radius 3 is 0.934 bits per heavy atom. The van der Waals surface area contributed by atoms with Gasteiger partial charge in [0, 0.05) is 104 Å². The van der Waals surface area contributed by atoms with E-state index in [9.17, 15) is 109 Å². The van der Waals surface area contributed by atoms with Crippen LogP contribution in [0.25, 0.3) is 0 Å². The summed E-state index contributed by atoms with van der Waals surface area (Å²) in [6, 6.07) is 0. The summed E-state index contributed by atoms with van der Waals surface area (Å²) in [4.78, 5) is 112. The number of aliphatic hydroxyl groups is 12. The van der Waals surface area contributed by atoms with Gasteiger partial charge in [0.25, 0.3) is 0 Å². The third kappa shape index (κ3) is 39.1. The molecule has 10 unspecified atom stereocenters. The summed E-state index contributed by atoms with van der Waals surface area (Å²) in [6.07, 6.45) is -18.3. The molecule has 3 fully saturated rings. The highest BCUT2D eigenvalue weighted by Crippen LogP contribution is 2.42. The second-order valence-corrected chi connectivity index (χ2v) is 27.1. The van der Waals surface area contributed by atoms with Crippen LogP contribution in [-0.4, -0.2) is 350 Å². The maximum absolute atomic E-state index is 13.8. The summed E-state index contributed by atoms with van der Waals surface area (Å²) in [5.74, 6) is -3.19. The summed E-state index contributed by atoms with van der Waals surface area (Å²) in [5, 5.41) is 140. The molecule has 3 heterocycles. The average Bonchev–Trinajstić information content (AvgIpc) is 0.833. The molecule has 0 spiro atoms. The predicted octanol–water partition coefficient (Wildman–Crippen LogP) is -7.67. The number of ether oxygens (including phenoxy) is 9. The lowest BCUT2D eigenvalue weighted by Gasteiger charge is -2.39. The lowest BCUT2D eigenvalue weighted by molar-refractivity contribution is -0.301. The Labute approximate surface area is 615 Å². The Hall–Kier alpha value is -4.97. The molecule has 41 nitrogen and oxygen atoms in total. The van der Waals surface area contributed by atoms with E-state index in [-0.39, 0.29) is 206 Å². The molecule has 42 heteroatoms. The standard InChI is InChI=1S/C64H117N8O33P/c1-95-106(93,94)102-31-5-3-2-4-21-65-44(76)13-6-14-51(83)72-64(38-96-32-18-48(80)69-25-10-22-66-45(77)15-7-28-99-61-58(90)55(87)52(84)41(35-73)103-61,39-97-33-19-49(81)70-26-11-23-67-46(78)16-8-29-100-62-59(91)56(88)53(85)42(36-74)104-62)40-98-34-20-50(82)71-27-12-24-68-47(79)17-9-30-101-63-60(92)57(89)54(86)43(37-75)105-63/h41-43,52-63,73-75,84-92H,2-40H2,1H3,(H,65,76)(H,66,77)(H,67,78)(H,68,79)(H,69,80)(H,70,81)(H,71,82)(H,72,83)(H,93,94)/t41?,42?,43?,52-,53-,54-,55?,56?,57?,58?,59?,60?,61-,62-,63-,64?/m1/s1. The van der Waals surface area contributed by atoms with Gasteiger partial charge in [0.2, 0.25) is 47.3 Å². The predicted molar refractivity (Wildman–Crippen MR) is 364 cm³/mol. The Morgan fingerprint density at radius 2 is 0.623 bits per heavy atom. The molecule has 3 aliphatic heterocycles. The monoisotopic (exact) mass is 1560 g/mol. The fraction of sp³-hybridized carbons (Fsp3) is 0.875. The van der Waals surface area contributed by atoms with Crippen LogP contribution in [0.3, 0.4) is 0 Å². The van der Waals surface area contributed by atoms with E-state index >= 15 is 0 Å². The van der Waals surface area contributed by atoms with Gasteiger partial charge in [-0.25, -0.2) is 4.57 Å². The fourth-order valence-electron chi connectivity index (χ4n) is 10.5. The van der Waals surface area contributed by atoms with E-state index < -0.39 is 149 Å². The molecule has 0 aromatic heterocycles. The molecule has 3 aliphatic rings. The van der Waals surface area contributed by atoms with E-state index in [4.69, 9.17) is 47.2 Å². The first-order valence-electron chi connectivity index (χ1n) is 35.9. The number of carbonyl (C=O) groups is 8. The van der Waals surface area contributed by atoms with Crippen molar-refractivity contribution in [3.05, 3.63) is 0 Å². The first-order valence-corrected chi connectivity index (χ1v) is 37.4. The van der Waals surface area contributed by atoms with E-state index in [0.717, 1.165) is 7.11 Å². The van der Waals surface area contributed by atoms with Crippen molar-refractivity contribution in [1.82, 2.24) is 42.5 Å². The zero-order valence-corrected chi connectivity index (χ0v) is 61.1. The number of amides is 8. The van der Waals surface area contributed by atoms with E-state index in [1.54, 1.807) is 0 Å². The number of phosphoric ester groups is 1. The average molecular weight is 1560 g/mol. The minimum atomic E-state index is -4.08. The van der Waals surface area contributed by atoms with Crippen molar-refractivity contribution in [2.75, 3.05) is 139 Å². The van der Waals surface area contributed by atoms with Gasteiger partial charge in [0.15, 0.2) is 18.9 Å². The quantitative estimate of drug-likeness (QED) is 0.0199. The summed E-state index contributed by atoms with van der Waals surface area (Å²) < 4.78 is 70.8. The second kappa shape index (κ2) is 54.6. The topological polar surface area (TPSA) is 614 Å². The van der Waals surface area contributed by atoms with Crippen LogP contribution in [0, 0.1) is 0 Å². The van der Waals surface area contributed by atoms with Gasteiger partial charge in [-0.1, -0.05) is 12.8 Å².